The highest BCUT2D eigenvalue weighted by Gasteiger charge is 1.99. The first-order chi connectivity index (χ1) is 6.24. The molecule has 1 N–H and O–H groups in total. The maximum Gasteiger partial charge on any atom is 0.174 e. The molecule has 0 saturated carbocycles. The van der Waals surface area contributed by atoms with Gasteiger partial charge in [-0.15, -0.1) is 0 Å². The highest BCUT2D eigenvalue weighted by molar-refractivity contribution is 5.38. The minimum atomic E-state index is -0.728. The van der Waals surface area contributed by atoms with E-state index in [1.165, 1.54) is 19.3 Å². The van der Waals surface area contributed by atoms with E-state index in [0.717, 1.165) is 0 Å². The molecule has 1 heterocycles. The summed E-state index contributed by atoms with van der Waals surface area (Å²) in [6.45, 7) is 1.54. The summed E-state index contributed by atoms with van der Waals surface area (Å²) < 4.78 is 0. The fourth-order valence-corrected chi connectivity index (χ4v) is 0.684. The molecule has 0 saturated heterocycles. The summed E-state index contributed by atoms with van der Waals surface area (Å²) in [7, 11) is 0. The SMILES string of the molecule is C[C@@H](O)C#Cc1nccnc1C#N. The Balaban J connectivity index is 3.04. The highest BCUT2D eigenvalue weighted by atomic mass is 16.3. The summed E-state index contributed by atoms with van der Waals surface area (Å²) in [5.41, 5.74) is 0.474. The summed E-state index contributed by atoms with van der Waals surface area (Å²) in [5, 5.41) is 17.5. The van der Waals surface area contributed by atoms with Crippen molar-refractivity contribution >= 4 is 0 Å². The number of nitriles is 1. The lowest BCUT2D eigenvalue weighted by atomic mass is 10.3. The molecule has 1 aromatic rings. The quantitative estimate of drug-likeness (QED) is 0.564. The van der Waals surface area contributed by atoms with Crippen LogP contribution in [0.1, 0.15) is 18.3 Å². The normalized spacial score (nSPS) is 10.8. The average Bonchev–Trinajstić information content (AvgIpc) is 2.15. The third-order valence-corrected chi connectivity index (χ3v) is 1.20. The Morgan fingerprint density at radius 2 is 2.00 bits per heavy atom. The Hall–Kier alpha value is -1.91. The van der Waals surface area contributed by atoms with E-state index in [1.54, 1.807) is 0 Å². The Morgan fingerprint density at radius 3 is 2.54 bits per heavy atom. The van der Waals surface area contributed by atoms with Gasteiger partial charge in [-0.1, -0.05) is 5.92 Å². The minimum Gasteiger partial charge on any atom is -0.381 e. The predicted molar refractivity (Wildman–Crippen MR) is 45.3 cm³/mol. The molecular formula is C9H7N3O. The molecule has 4 heteroatoms. The van der Waals surface area contributed by atoms with Crippen LogP contribution in [0, 0.1) is 23.2 Å². The van der Waals surface area contributed by atoms with E-state index in [1.807, 2.05) is 6.07 Å². The molecule has 13 heavy (non-hydrogen) atoms. The highest BCUT2D eigenvalue weighted by Crippen LogP contribution is 1.96. The number of aliphatic hydroxyl groups excluding tert-OH is 1. The van der Waals surface area contributed by atoms with Gasteiger partial charge in [0.25, 0.3) is 0 Å². The lowest BCUT2D eigenvalue weighted by Gasteiger charge is -1.91. The number of aromatic nitrogens is 2. The molecule has 1 aromatic heterocycles. The van der Waals surface area contributed by atoms with E-state index in [4.69, 9.17) is 10.4 Å². The first-order valence-electron chi connectivity index (χ1n) is 3.64. The van der Waals surface area contributed by atoms with Crippen molar-refractivity contribution in [2.75, 3.05) is 0 Å². The van der Waals surface area contributed by atoms with Gasteiger partial charge >= 0.3 is 0 Å². The van der Waals surface area contributed by atoms with Gasteiger partial charge in [0, 0.05) is 12.4 Å². The monoisotopic (exact) mass is 173 g/mol. The molecule has 0 radical (unpaired) electrons. The van der Waals surface area contributed by atoms with Crippen LogP contribution < -0.4 is 0 Å². The van der Waals surface area contributed by atoms with E-state index < -0.39 is 6.10 Å². The second kappa shape index (κ2) is 4.20. The number of hydrogen-bond donors (Lipinski definition) is 1. The van der Waals surface area contributed by atoms with Crippen LogP contribution in [0.15, 0.2) is 12.4 Å². The molecule has 64 valence electrons. The Kier molecular flexibility index (Phi) is 2.97. The van der Waals surface area contributed by atoms with Crippen molar-refractivity contribution in [3.05, 3.63) is 23.8 Å². The van der Waals surface area contributed by atoms with Gasteiger partial charge in [-0.25, -0.2) is 9.97 Å². The average molecular weight is 173 g/mol. The molecule has 0 fully saturated rings. The van der Waals surface area contributed by atoms with Gasteiger partial charge in [0.1, 0.15) is 17.9 Å². The lowest BCUT2D eigenvalue weighted by molar-refractivity contribution is 0.253. The molecule has 0 spiro atoms. The van der Waals surface area contributed by atoms with Crippen molar-refractivity contribution in [2.24, 2.45) is 0 Å². The molecule has 0 aliphatic carbocycles. The Morgan fingerprint density at radius 1 is 1.38 bits per heavy atom. The van der Waals surface area contributed by atoms with Crippen LogP contribution in [0.4, 0.5) is 0 Å². The Labute approximate surface area is 75.9 Å². The third-order valence-electron chi connectivity index (χ3n) is 1.20. The summed E-state index contributed by atoms with van der Waals surface area (Å²) in [5.74, 6) is 5.06. The van der Waals surface area contributed by atoms with Crippen molar-refractivity contribution in [3.8, 4) is 17.9 Å². The van der Waals surface area contributed by atoms with Crippen LogP contribution in [-0.4, -0.2) is 21.2 Å². The van der Waals surface area contributed by atoms with Crippen molar-refractivity contribution in [1.29, 1.82) is 5.26 Å². The molecule has 0 aromatic carbocycles. The summed E-state index contributed by atoms with van der Waals surface area (Å²) in [6, 6.07) is 1.86. The van der Waals surface area contributed by atoms with Gasteiger partial charge in [0.05, 0.1) is 0 Å². The Bertz CT molecular complexity index is 395. The van der Waals surface area contributed by atoms with Gasteiger partial charge in [-0.2, -0.15) is 5.26 Å². The minimum absolute atomic E-state index is 0.177. The molecule has 0 bridgehead atoms. The largest absolute Gasteiger partial charge is 0.381 e. The summed E-state index contributed by atoms with van der Waals surface area (Å²) in [4.78, 5) is 7.62. The number of rotatable bonds is 0. The molecule has 0 aliphatic rings. The number of nitrogens with zero attached hydrogens (tertiary/aromatic N) is 3. The van der Waals surface area contributed by atoms with E-state index >= 15 is 0 Å². The van der Waals surface area contributed by atoms with E-state index in [0.29, 0.717) is 5.69 Å². The zero-order chi connectivity index (χ0) is 9.68. The molecule has 0 amide bonds. The third kappa shape index (κ3) is 2.55. The molecule has 1 rings (SSSR count). The molecule has 1 atom stereocenters. The van der Waals surface area contributed by atoms with Crippen molar-refractivity contribution in [3.63, 3.8) is 0 Å². The van der Waals surface area contributed by atoms with Crippen LogP contribution in [-0.2, 0) is 0 Å². The first-order valence-corrected chi connectivity index (χ1v) is 3.64. The van der Waals surface area contributed by atoms with E-state index in [9.17, 15) is 0 Å². The molecule has 4 nitrogen and oxygen atoms in total. The van der Waals surface area contributed by atoms with Gasteiger partial charge in [0.2, 0.25) is 0 Å². The van der Waals surface area contributed by atoms with Crippen LogP contribution in [0.3, 0.4) is 0 Å². The van der Waals surface area contributed by atoms with Gasteiger partial charge < -0.3 is 5.11 Å². The topological polar surface area (TPSA) is 69.8 Å². The van der Waals surface area contributed by atoms with Gasteiger partial charge in [-0.05, 0) is 12.8 Å². The maximum atomic E-state index is 8.87. The van der Waals surface area contributed by atoms with E-state index in [-0.39, 0.29) is 5.69 Å². The maximum absolute atomic E-state index is 8.87. The fraction of sp³-hybridized carbons (Fsp3) is 0.222. The standard InChI is InChI=1S/C9H7N3O/c1-7(13)2-3-8-9(6-10)12-5-4-11-8/h4-5,7,13H,1H3/t7-/m1/s1. The zero-order valence-corrected chi connectivity index (χ0v) is 7.02. The van der Waals surface area contributed by atoms with Crippen molar-refractivity contribution in [1.82, 2.24) is 9.97 Å². The smallest absolute Gasteiger partial charge is 0.174 e. The molecular weight excluding hydrogens is 166 g/mol. The van der Waals surface area contributed by atoms with Crippen LogP contribution in [0.25, 0.3) is 0 Å². The van der Waals surface area contributed by atoms with Crippen LogP contribution in [0.2, 0.25) is 0 Å². The lowest BCUT2D eigenvalue weighted by Crippen LogP contribution is -1.96. The first kappa shape index (κ1) is 9.18. The summed E-state index contributed by atoms with van der Waals surface area (Å²) >= 11 is 0. The zero-order valence-electron chi connectivity index (χ0n) is 7.02. The molecule has 0 unspecified atom stereocenters. The number of hydrogen-bond acceptors (Lipinski definition) is 4. The predicted octanol–water partition coefficient (Wildman–Crippen LogP) is 0.0806. The van der Waals surface area contributed by atoms with Gasteiger partial charge in [0.15, 0.2) is 5.69 Å². The van der Waals surface area contributed by atoms with Crippen LogP contribution >= 0.6 is 0 Å². The van der Waals surface area contributed by atoms with Crippen molar-refractivity contribution in [2.45, 2.75) is 13.0 Å². The van der Waals surface area contributed by atoms with E-state index in [2.05, 4.69) is 21.8 Å². The summed E-state index contributed by atoms with van der Waals surface area (Å²) in [6.07, 6.45) is 2.15. The van der Waals surface area contributed by atoms with Crippen molar-refractivity contribution < 1.29 is 5.11 Å². The van der Waals surface area contributed by atoms with Gasteiger partial charge in [-0.3, -0.25) is 0 Å². The molecule has 0 aliphatic heterocycles. The fourth-order valence-electron chi connectivity index (χ4n) is 0.684. The second-order valence-electron chi connectivity index (χ2n) is 2.31. The second-order valence-corrected chi connectivity index (χ2v) is 2.31. The van der Waals surface area contributed by atoms with Crippen LogP contribution in [0.5, 0.6) is 0 Å². The number of aliphatic hydroxyl groups is 1.